The lowest BCUT2D eigenvalue weighted by Gasteiger charge is -2.12. The van der Waals surface area contributed by atoms with Crippen molar-refractivity contribution in [2.45, 2.75) is 6.10 Å². The van der Waals surface area contributed by atoms with Crippen LogP contribution >= 0.6 is 0 Å². The van der Waals surface area contributed by atoms with Crippen molar-refractivity contribution < 1.29 is 9.47 Å². The molecule has 90 valence electrons. The second-order valence-electron chi connectivity index (χ2n) is 3.53. The van der Waals surface area contributed by atoms with E-state index in [4.69, 9.17) is 14.7 Å². The Kier molecular flexibility index (Phi) is 4.15. The Morgan fingerprint density at radius 3 is 2.56 bits per heavy atom. The molecule has 0 saturated carbocycles. The molecule has 2 rings (SSSR count). The molecular weight excluding hydrogens is 228 g/mol. The zero-order chi connectivity index (χ0) is 12.6. The number of nitrogens with zero attached hydrogens (tertiary/aromatic N) is 2. The number of rotatable bonds is 5. The van der Waals surface area contributed by atoms with Crippen molar-refractivity contribution in [3.63, 3.8) is 0 Å². The van der Waals surface area contributed by atoms with E-state index >= 15 is 0 Å². The number of nitriles is 1. The van der Waals surface area contributed by atoms with E-state index in [0.717, 1.165) is 0 Å². The zero-order valence-electron chi connectivity index (χ0n) is 9.69. The number of aromatic nitrogens is 1. The molecule has 0 amide bonds. The second-order valence-corrected chi connectivity index (χ2v) is 3.53. The van der Waals surface area contributed by atoms with Crippen molar-refractivity contribution >= 4 is 0 Å². The topological polar surface area (TPSA) is 55.1 Å². The first-order valence-corrected chi connectivity index (χ1v) is 5.53. The molecule has 0 aliphatic carbocycles. The minimum absolute atomic E-state index is 0.164. The Hall–Kier alpha value is -2.54. The summed E-state index contributed by atoms with van der Waals surface area (Å²) in [6.07, 6.45) is 0.932. The number of benzene rings is 1. The standard InChI is InChI=1S/C14H12N2O2/c15-10-13(18-14-8-4-5-9-16-14)11-17-12-6-2-1-3-7-12/h1-9,13H,11H2. The Morgan fingerprint density at radius 1 is 1.11 bits per heavy atom. The van der Waals surface area contributed by atoms with Crippen molar-refractivity contribution in [2.75, 3.05) is 6.61 Å². The van der Waals surface area contributed by atoms with Gasteiger partial charge in [-0.3, -0.25) is 0 Å². The number of hydrogen-bond acceptors (Lipinski definition) is 4. The molecule has 0 N–H and O–H groups in total. The molecule has 1 atom stereocenters. The molecule has 1 unspecified atom stereocenters. The monoisotopic (exact) mass is 240 g/mol. The predicted octanol–water partition coefficient (Wildman–Crippen LogP) is 2.43. The van der Waals surface area contributed by atoms with Crippen LogP contribution in [0.15, 0.2) is 54.7 Å². The van der Waals surface area contributed by atoms with Gasteiger partial charge >= 0.3 is 0 Å². The number of pyridine rings is 1. The van der Waals surface area contributed by atoms with Crippen LogP contribution in [0.25, 0.3) is 0 Å². The van der Waals surface area contributed by atoms with Crippen LogP contribution in [0.1, 0.15) is 0 Å². The molecule has 1 aromatic carbocycles. The summed E-state index contributed by atoms with van der Waals surface area (Å²) in [7, 11) is 0. The summed E-state index contributed by atoms with van der Waals surface area (Å²) >= 11 is 0. The van der Waals surface area contributed by atoms with Gasteiger partial charge in [0.2, 0.25) is 12.0 Å². The molecule has 0 radical (unpaired) electrons. The normalized spacial score (nSPS) is 11.3. The molecule has 0 saturated heterocycles. The number of ether oxygens (including phenoxy) is 2. The van der Waals surface area contributed by atoms with E-state index in [9.17, 15) is 0 Å². The van der Waals surface area contributed by atoms with E-state index in [2.05, 4.69) is 4.98 Å². The van der Waals surface area contributed by atoms with Crippen LogP contribution in [0.5, 0.6) is 11.6 Å². The van der Waals surface area contributed by atoms with Gasteiger partial charge in [-0.2, -0.15) is 5.26 Å². The van der Waals surface area contributed by atoms with Crippen molar-refractivity contribution in [3.8, 4) is 17.7 Å². The highest BCUT2D eigenvalue weighted by Crippen LogP contribution is 2.11. The van der Waals surface area contributed by atoms with Crippen LogP contribution in [-0.2, 0) is 0 Å². The van der Waals surface area contributed by atoms with Crippen molar-refractivity contribution in [2.24, 2.45) is 0 Å². The second kappa shape index (κ2) is 6.26. The lowest BCUT2D eigenvalue weighted by atomic mass is 10.3. The average molecular weight is 240 g/mol. The average Bonchev–Trinajstić information content (AvgIpc) is 2.45. The van der Waals surface area contributed by atoms with E-state index in [0.29, 0.717) is 11.6 Å². The van der Waals surface area contributed by atoms with Crippen LogP contribution in [0.2, 0.25) is 0 Å². The highest BCUT2D eigenvalue weighted by Gasteiger charge is 2.10. The van der Waals surface area contributed by atoms with Crippen LogP contribution in [0.3, 0.4) is 0 Å². The van der Waals surface area contributed by atoms with Gasteiger partial charge in [0.25, 0.3) is 0 Å². The molecule has 18 heavy (non-hydrogen) atoms. The fourth-order valence-corrected chi connectivity index (χ4v) is 1.35. The summed E-state index contributed by atoms with van der Waals surface area (Å²) < 4.78 is 10.8. The largest absolute Gasteiger partial charge is 0.489 e. The van der Waals surface area contributed by atoms with Gasteiger partial charge in [-0.05, 0) is 18.2 Å². The maximum atomic E-state index is 8.98. The smallest absolute Gasteiger partial charge is 0.219 e. The number of para-hydroxylation sites is 1. The van der Waals surface area contributed by atoms with Crippen LogP contribution in [0, 0.1) is 11.3 Å². The molecule has 2 aromatic rings. The number of hydrogen-bond donors (Lipinski definition) is 0. The Labute approximate surface area is 105 Å². The van der Waals surface area contributed by atoms with Gasteiger partial charge in [-0.15, -0.1) is 0 Å². The third-order valence-corrected chi connectivity index (χ3v) is 2.19. The van der Waals surface area contributed by atoms with Gasteiger partial charge in [0.05, 0.1) is 0 Å². The molecule has 0 fully saturated rings. The highest BCUT2D eigenvalue weighted by molar-refractivity contribution is 5.21. The molecule has 0 spiro atoms. The Morgan fingerprint density at radius 2 is 1.89 bits per heavy atom. The Bertz CT molecular complexity index is 508. The molecule has 0 aliphatic heterocycles. The minimum Gasteiger partial charge on any atom is -0.489 e. The summed E-state index contributed by atoms with van der Waals surface area (Å²) in [5.74, 6) is 1.13. The van der Waals surface area contributed by atoms with Gasteiger partial charge in [0.1, 0.15) is 18.4 Å². The van der Waals surface area contributed by atoms with Crippen molar-refractivity contribution in [1.29, 1.82) is 5.26 Å². The van der Waals surface area contributed by atoms with E-state index in [-0.39, 0.29) is 6.61 Å². The molecule has 1 aromatic heterocycles. The fourth-order valence-electron chi connectivity index (χ4n) is 1.35. The lowest BCUT2D eigenvalue weighted by Crippen LogP contribution is -2.23. The molecular formula is C14H12N2O2. The molecule has 4 nitrogen and oxygen atoms in total. The third kappa shape index (κ3) is 3.49. The van der Waals surface area contributed by atoms with Gasteiger partial charge in [0.15, 0.2) is 0 Å². The van der Waals surface area contributed by atoms with Crippen molar-refractivity contribution in [1.82, 2.24) is 4.98 Å². The predicted molar refractivity (Wildman–Crippen MR) is 66.2 cm³/mol. The molecule has 0 bridgehead atoms. The first kappa shape index (κ1) is 11.9. The van der Waals surface area contributed by atoms with Crippen molar-refractivity contribution in [3.05, 3.63) is 54.7 Å². The van der Waals surface area contributed by atoms with Crippen LogP contribution in [-0.4, -0.2) is 17.7 Å². The highest BCUT2D eigenvalue weighted by atomic mass is 16.5. The first-order valence-electron chi connectivity index (χ1n) is 5.53. The Balaban J connectivity index is 1.89. The van der Waals surface area contributed by atoms with Gasteiger partial charge in [0, 0.05) is 12.3 Å². The lowest BCUT2D eigenvalue weighted by molar-refractivity contribution is 0.164. The third-order valence-electron chi connectivity index (χ3n) is 2.19. The molecule has 1 heterocycles. The summed E-state index contributed by atoms with van der Waals surface area (Å²) in [6.45, 7) is 0.164. The molecule has 0 aliphatic rings. The first-order chi connectivity index (χ1) is 8.88. The van der Waals surface area contributed by atoms with Gasteiger partial charge in [-0.25, -0.2) is 4.98 Å². The van der Waals surface area contributed by atoms with E-state index in [1.54, 1.807) is 24.4 Å². The summed E-state index contributed by atoms with van der Waals surface area (Å²) in [6, 6.07) is 16.6. The minimum atomic E-state index is -0.680. The van der Waals surface area contributed by atoms with Crippen LogP contribution < -0.4 is 9.47 Å². The fraction of sp³-hybridized carbons (Fsp3) is 0.143. The molecule has 4 heteroatoms. The maximum Gasteiger partial charge on any atom is 0.219 e. The van der Waals surface area contributed by atoms with E-state index in [1.807, 2.05) is 36.4 Å². The summed E-state index contributed by atoms with van der Waals surface area (Å²) in [4.78, 5) is 3.99. The zero-order valence-corrected chi connectivity index (χ0v) is 9.69. The van der Waals surface area contributed by atoms with Crippen LogP contribution in [0.4, 0.5) is 0 Å². The maximum absolute atomic E-state index is 8.98. The summed E-state index contributed by atoms with van der Waals surface area (Å²) in [5.41, 5.74) is 0. The SMILES string of the molecule is N#CC(COc1ccccc1)Oc1ccccn1. The quantitative estimate of drug-likeness (QED) is 0.805. The van der Waals surface area contributed by atoms with E-state index < -0.39 is 6.10 Å². The van der Waals surface area contributed by atoms with E-state index in [1.165, 1.54) is 0 Å². The van der Waals surface area contributed by atoms with Gasteiger partial charge < -0.3 is 9.47 Å². The summed E-state index contributed by atoms with van der Waals surface area (Å²) in [5, 5.41) is 8.98. The van der Waals surface area contributed by atoms with Gasteiger partial charge in [-0.1, -0.05) is 24.3 Å².